The lowest BCUT2D eigenvalue weighted by Gasteiger charge is -2.06. The summed E-state index contributed by atoms with van der Waals surface area (Å²) in [5, 5.41) is 15.7. The zero-order valence-electron chi connectivity index (χ0n) is 9.88. The maximum atomic E-state index is 4.43. The van der Waals surface area contributed by atoms with Gasteiger partial charge in [0.15, 0.2) is 0 Å². The summed E-state index contributed by atoms with van der Waals surface area (Å²) in [4.78, 5) is 1.74. The first-order valence-electron chi connectivity index (χ1n) is 5.56. The normalized spacial score (nSPS) is 13.2. The number of rotatable bonds is 4. The second kappa shape index (κ2) is 4.47. The number of aromatic amines is 1. The Morgan fingerprint density at radius 2 is 2.12 bits per heavy atom. The third-order valence-corrected chi connectivity index (χ3v) is 2.61. The quantitative estimate of drug-likeness (QED) is 0.854. The van der Waals surface area contributed by atoms with Crippen LogP contribution in [0.1, 0.15) is 44.0 Å². The minimum Gasteiger partial charge on any atom is -0.285 e. The highest BCUT2D eigenvalue weighted by Crippen LogP contribution is 2.14. The molecule has 2 aromatic rings. The topological polar surface area (TPSA) is 59.4 Å². The van der Waals surface area contributed by atoms with Crippen LogP contribution in [0.2, 0.25) is 0 Å². The molecule has 5 nitrogen and oxygen atoms in total. The summed E-state index contributed by atoms with van der Waals surface area (Å²) in [6, 6.07) is 1.98. The van der Waals surface area contributed by atoms with Crippen molar-refractivity contribution in [1.29, 1.82) is 0 Å². The number of hydrogen-bond donors (Lipinski definition) is 1. The second-order valence-corrected chi connectivity index (χ2v) is 4.38. The lowest BCUT2D eigenvalue weighted by Crippen LogP contribution is -2.10. The van der Waals surface area contributed by atoms with E-state index in [1.807, 2.05) is 18.5 Å². The van der Waals surface area contributed by atoms with Crippen LogP contribution in [0.4, 0.5) is 0 Å². The molecular formula is C11H17N5. The van der Waals surface area contributed by atoms with E-state index < -0.39 is 0 Å². The zero-order chi connectivity index (χ0) is 11.5. The van der Waals surface area contributed by atoms with Crippen molar-refractivity contribution < 1.29 is 0 Å². The van der Waals surface area contributed by atoms with Gasteiger partial charge in [0, 0.05) is 12.1 Å². The van der Waals surface area contributed by atoms with Crippen LogP contribution in [-0.4, -0.2) is 25.2 Å². The number of aromatic nitrogens is 5. The molecule has 16 heavy (non-hydrogen) atoms. The fraction of sp³-hybridized carbons (Fsp3) is 0.545. The number of H-pyrrole nitrogens is 1. The van der Waals surface area contributed by atoms with E-state index in [1.165, 1.54) is 0 Å². The third kappa shape index (κ3) is 2.29. The molecule has 5 heteroatoms. The standard InChI is InChI=1S/C11H17N5/c1-8(2)11-6-13-16(15-11)7-9(3)10-4-5-12-14-10/h4-6,8-9H,7H2,1-3H3,(H,12,14). The Kier molecular flexibility index (Phi) is 3.03. The highest BCUT2D eigenvalue weighted by Gasteiger charge is 2.11. The average Bonchev–Trinajstić information content (AvgIpc) is 2.87. The molecule has 0 saturated heterocycles. The smallest absolute Gasteiger partial charge is 0.0852 e. The Morgan fingerprint density at radius 1 is 1.31 bits per heavy atom. The predicted molar refractivity (Wildman–Crippen MR) is 61.1 cm³/mol. The summed E-state index contributed by atoms with van der Waals surface area (Å²) >= 11 is 0. The number of nitrogens with one attached hydrogen (secondary N) is 1. The molecule has 2 rings (SSSR count). The molecule has 0 aromatic carbocycles. The average molecular weight is 219 g/mol. The summed E-state index contributed by atoms with van der Waals surface area (Å²) in [6.45, 7) is 7.11. The van der Waals surface area contributed by atoms with Crippen LogP contribution < -0.4 is 0 Å². The summed E-state index contributed by atoms with van der Waals surface area (Å²) in [5.41, 5.74) is 2.08. The predicted octanol–water partition coefficient (Wildman–Crippen LogP) is 1.93. The van der Waals surface area contributed by atoms with Gasteiger partial charge in [-0.3, -0.25) is 5.10 Å². The summed E-state index contributed by atoms with van der Waals surface area (Å²) in [6.07, 6.45) is 3.67. The SMILES string of the molecule is CC(C)c1cnn(CC(C)c2cc[nH]n2)n1. The minimum absolute atomic E-state index is 0.318. The molecule has 0 radical (unpaired) electrons. The lowest BCUT2D eigenvalue weighted by atomic mass is 10.1. The van der Waals surface area contributed by atoms with Gasteiger partial charge in [0.05, 0.1) is 24.1 Å². The van der Waals surface area contributed by atoms with Crippen molar-refractivity contribution in [3.05, 3.63) is 29.8 Å². The Bertz CT molecular complexity index is 429. The summed E-state index contributed by atoms with van der Waals surface area (Å²) < 4.78 is 0. The Morgan fingerprint density at radius 3 is 2.69 bits per heavy atom. The molecule has 1 N–H and O–H groups in total. The van der Waals surface area contributed by atoms with Crippen LogP contribution in [0.25, 0.3) is 0 Å². The van der Waals surface area contributed by atoms with Crippen molar-refractivity contribution in [1.82, 2.24) is 25.2 Å². The largest absolute Gasteiger partial charge is 0.285 e. The molecule has 2 heterocycles. The maximum absolute atomic E-state index is 4.43. The van der Waals surface area contributed by atoms with Crippen LogP contribution in [0.15, 0.2) is 18.5 Å². The van der Waals surface area contributed by atoms with E-state index in [4.69, 9.17) is 0 Å². The monoisotopic (exact) mass is 219 g/mol. The molecule has 0 aliphatic carbocycles. The van der Waals surface area contributed by atoms with E-state index in [1.54, 1.807) is 4.80 Å². The van der Waals surface area contributed by atoms with Crippen molar-refractivity contribution in [2.24, 2.45) is 0 Å². The van der Waals surface area contributed by atoms with Gasteiger partial charge in [-0.05, 0) is 12.0 Å². The summed E-state index contributed by atoms with van der Waals surface area (Å²) in [7, 11) is 0. The maximum Gasteiger partial charge on any atom is 0.0852 e. The molecule has 0 aliphatic rings. The molecule has 0 fully saturated rings. The Balaban J connectivity index is 2.03. The first kappa shape index (κ1) is 10.9. The van der Waals surface area contributed by atoms with E-state index >= 15 is 0 Å². The first-order valence-corrected chi connectivity index (χ1v) is 5.56. The third-order valence-electron chi connectivity index (χ3n) is 2.61. The van der Waals surface area contributed by atoms with E-state index in [0.29, 0.717) is 11.8 Å². The molecule has 0 bridgehead atoms. The molecule has 86 valence electrons. The van der Waals surface area contributed by atoms with Gasteiger partial charge in [-0.1, -0.05) is 20.8 Å². The van der Waals surface area contributed by atoms with Crippen LogP contribution >= 0.6 is 0 Å². The van der Waals surface area contributed by atoms with Crippen LogP contribution in [0.3, 0.4) is 0 Å². The highest BCUT2D eigenvalue weighted by molar-refractivity contribution is 5.04. The van der Waals surface area contributed by atoms with Gasteiger partial charge < -0.3 is 0 Å². The lowest BCUT2D eigenvalue weighted by molar-refractivity contribution is 0.474. The number of nitrogens with zero attached hydrogens (tertiary/aromatic N) is 4. The molecule has 2 aromatic heterocycles. The van der Waals surface area contributed by atoms with E-state index in [9.17, 15) is 0 Å². The number of hydrogen-bond acceptors (Lipinski definition) is 3. The molecule has 0 saturated carbocycles. The van der Waals surface area contributed by atoms with Crippen molar-refractivity contribution >= 4 is 0 Å². The Hall–Kier alpha value is -1.65. The van der Waals surface area contributed by atoms with Crippen molar-refractivity contribution in [2.75, 3.05) is 0 Å². The van der Waals surface area contributed by atoms with Crippen molar-refractivity contribution in [3.8, 4) is 0 Å². The molecular weight excluding hydrogens is 202 g/mol. The summed E-state index contributed by atoms with van der Waals surface area (Å²) in [5.74, 6) is 0.744. The molecule has 0 amide bonds. The van der Waals surface area contributed by atoms with Gasteiger partial charge >= 0.3 is 0 Å². The minimum atomic E-state index is 0.318. The van der Waals surface area contributed by atoms with Crippen molar-refractivity contribution in [3.63, 3.8) is 0 Å². The van der Waals surface area contributed by atoms with E-state index in [-0.39, 0.29) is 0 Å². The fourth-order valence-electron chi connectivity index (χ4n) is 1.55. The van der Waals surface area contributed by atoms with Crippen LogP contribution in [0, 0.1) is 0 Å². The van der Waals surface area contributed by atoms with Crippen LogP contribution in [-0.2, 0) is 6.54 Å². The first-order chi connectivity index (χ1) is 7.66. The van der Waals surface area contributed by atoms with Gasteiger partial charge in [0.2, 0.25) is 0 Å². The van der Waals surface area contributed by atoms with Gasteiger partial charge in [-0.25, -0.2) is 0 Å². The van der Waals surface area contributed by atoms with Gasteiger partial charge in [-0.2, -0.15) is 20.1 Å². The van der Waals surface area contributed by atoms with Gasteiger partial charge in [0.25, 0.3) is 0 Å². The Labute approximate surface area is 94.9 Å². The van der Waals surface area contributed by atoms with E-state index in [0.717, 1.165) is 17.9 Å². The van der Waals surface area contributed by atoms with Crippen LogP contribution in [0.5, 0.6) is 0 Å². The van der Waals surface area contributed by atoms with Crippen molar-refractivity contribution in [2.45, 2.75) is 39.2 Å². The van der Waals surface area contributed by atoms with Gasteiger partial charge in [0.1, 0.15) is 0 Å². The highest BCUT2D eigenvalue weighted by atomic mass is 15.5. The molecule has 0 spiro atoms. The fourth-order valence-corrected chi connectivity index (χ4v) is 1.55. The second-order valence-electron chi connectivity index (χ2n) is 4.38. The molecule has 1 unspecified atom stereocenters. The zero-order valence-corrected chi connectivity index (χ0v) is 9.88. The van der Waals surface area contributed by atoms with E-state index in [2.05, 4.69) is 41.2 Å². The molecule has 1 atom stereocenters. The molecule has 0 aliphatic heterocycles. The van der Waals surface area contributed by atoms with Gasteiger partial charge in [-0.15, -0.1) is 0 Å².